The summed E-state index contributed by atoms with van der Waals surface area (Å²) < 4.78 is 2.76. The molecule has 2 aromatic heterocycles. The Morgan fingerprint density at radius 1 is 0.939 bits per heavy atom. The normalized spacial score (nSPS) is 11.1. The van der Waals surface area contributed by atoms with Gasteiger partial charge in [-0.3, -0.25) is 14.4 Å². The molecule has 164 valence electrons. The molecule has 5 rings (SSSR count). The maximum absolute atomic E-state index is 13.6. The number of amides is 1. The van der Waals surface area contributed by atoms with E-state index in [2.05, 4.69) is 17.2 Å². The molecule has 0 aliphatic rings. The van der Waals surface area contributed by atoms with Crippen molar-refractivity contribution in [3.63, 3.8) is 0 Å². The molecule has 2 heterocycles. The topological polar surface area (TPSA) is 51.0 Å². The molecule has 0 unspecified atom stereocenters. The van der Waals surface area contributed by atoms with E-state index < -0.39 is 0 Å². The molecule has 0 radical (unpaired) electrons. The van der Waals surface area contributed by atoms with Crippen LogP contribution in [0.15, 0.2) is 91.3 Å². The van der Waals surface area contributed by atoms with Crippen molar-refractivity contribution in [3.8, 4) is 0 Å². The van der Waals surface area contributed by atoms with Gasteiger partial charge in [0.15, 0.2) is 5.13 Å². The van der Waals surface area contributed by atoms with Crippen LogP contribution in [0, 0.1) is 0 Å². The third kappa shape index (κ3) is 4.82. The molecular formula is C26H21ClN4OS. The highest BCUT2D eigenvalue weighted by Crippen LogP contribution is 2.33. The average molecular weight is 473 g/mol. The first-order valence-corrected chi connectivity index (χ1v) is 11.8. The number of para-hydroxylation sites is 1. The molecule has 33 heavy (non-hydrogen) atoms. The molecule has 0 bridgehead atoms. The average Bonchev–Trinajstić information content (AvgIpc) is 3.51. The van der Waals surface area contributed by atoms with E-state index in [0.29, 0.717) is 34.3 Å². The van der Waals surface area contributed by atoms with Gasteiger partial charge in [-0.1, -0.05) is 71.5 Å². The van der Waals surface area contributed by atoms with Gasteiger partial charge in [-0.25, -0.2) is 4.98 Å². The lowest BCUT2D eigenvalue weighted by atomic mass is 10.0. The van der Waals surface area contributed by atoms with Gasteiger partial charge in [-0.05, 0) is 47.9 Å². The fourth-order valence-electron chi connectivity index (χ4n) is 3.69. The molecule has 0 atom stereocenters. The van der Waals surface area contributed by atoms with Gasteiger partial charge in [0, 0.05) is 24.5 Å². The highest BCUT2D eigenvalue weighted by molar-refractivity contribution is 7.22. The van der Waals surface area contributed by atoms with E-state index in [0.717, 1.165) is 16.7 Å². The molecule has 7 heteroatoms. The van der Waals surface area contributed by atoms with Crippen LogP contribution in [0.3, 0.4) is 0 Å². The van der Waals surface area contributed by atoms with Crippen molar-refractivity contribution >= 4 is 44.2 Å². The van der Waals surface area contributed by atoms with Crippen LogP contribution in [0.2, 0.25) is 5.02 Å². The molecule has 5 aromatic rings. The van der Waals surface area contributed by atoms with Gasteiger partial charge < -0.3 is 0 Å². The third-order valence-electron chi connectivity index (χ3n) is 5.40. The second-order valence-electron chi connectivity index (χ2n) is 7.67. The standard InChI is InChI=1S/C26H21ClN4OS/c27-22-8-4-9-23-24(22)29-26(33-23)31(17-16-30-15-5-14-28-30)25(32)21-12-10-20(11-13-21)18-19-6-2-1-3-7-19/h1-15H,16-18H2. The number of hydrogen-bond donors (Lipinski definition) is 0. The Balaban J connectivity index is 1.42. The Hall–Kier alpha value is -3.48. The highest BCUT2D eigenvalue weighted by atomic mass is 35.5. The zero-order chi connectivity index (χ0) is 22.6. The number of aromatic nitrogens is 3. The first-order chi connectivity index (χ1) is 16.2. The number of anilines is 1. The lowest BCUT2D eigenvalue weighted by Gasteiger charge is -2.20. The first-order valence-electron chi connectivity index (χ1n) is 10.6. The van der Waals surface area contributed by atoms with Gasteiger partial charge in [0.25, 0.3) is 5.91 Å². The van der Waals surface area contributed by atoms with Crippen molar-refractivity contribution in [1.29, 1.82) is 0 Å². The summed E-state index contributed by atoms with van der Waals surface area (Å²) in [6, 6.07) is 25.7. The minimum Gasteiger partial charge on any atom is -0.282 e. The van der Waals surface area contributed by atoms with Crippen LogP contribution in [-0.4, -0.2) is 27.2 Å². The predicted octanol–water partition coefficient (Wildman–Crippen LogP) is 6.08. The molecule has 0 fully saturated rings. The summed E-state index contributed by atoms with van der Waals surface area (Å²) >= 11 is 7.80. The van der Waals surface area contributed by atoms with Crippen molar-refractivity contribution in [2.24, 2.45) is 0 Å². The smallest absolute Gasteiger partial charge is 0.260 e. The highest BCUT2D eigenvalue weighted by Gasteiger charge is 2.22. The Labute approximate surface area is 200 Å². The summed E-state index contributed by atoms with van der Waals surface area (Å²) in [5.74, 6) is -0.0939. The number of carbonyl (C=O) groups is 1. The fraction of sp³-hybridized carbons (Fsp3) is 0.115. The Bertz CT molecular complexity index is 1360. The van der Waals surface area contributed by atoms with E-state index in [9.17, 15) is 4.79 Å². The lowest BCUT2D eigenvalue weighted by Crippen LogP contribution is -2.34. The number of fused-ring (bicyclic) bond motifs is 1. The van der Waals surface area contributed by atoms with Crippen molar-refractivity contribution in [3.05, 3.63) is 113 Å². The molecule has 0 aliphatic heterocycles. The lowest BCUT2D eigenvalue weighted by molar-refractivity contribution is 0.0986. The van der Waals surface area contributed by atoms with Crippen LogP contribution in [0.25, 0.3) is 10.2 Å². The number of benzene rings is 3. The van der Waals surface area contributed by atoms with E-state index in [1.165, 1.54) is 16.9 Å². The summed E-state index contributed by atoms with van der Waals surface area (Å²) in [5.41, 5.74) is 3.74. The fourth-order valence-corrected chi connectivity index (χ4v) is 4.98. The summed E-state index contributed by atoms with van der Waals surface area (Å²) in [5, 5.41) is 5.47. The van der Waals surface area contributed by atoms with Gasteiger partial charge in [-0.15, -0.1) is 0 Å². The molecule has 1 amide bonds. The SMILES string of the molecule is O=C(c1ccc(Cc2ccccc2)cc1)N(CCn1cccn1)c1nc2c(Cl)cccc2s1. The van der Waals surface area contributed by atoms with Gasteiger partial charge in [0.2, 0.25) is 0 Å². The van der Waals surface area contributed by atoms with Crippen LogP contribution < -0.4 is 4.90 Å². The second kappa shape index (κ2) is 9.57. The number of nitrogens with zero attached hydrogens (tertiary/aromatic N) is 4. The molecular weight excluding hydrogens is 452 g/mol. The van der Waals surface area contributed by atoms with Crippen molar-refractivity contribution in [2.75, 3.05) is 11.4 Å². The zero-order valence-electron chi connectivity index (χ0n) is 17.8. The van der Waals surface area contributed by atoms with Crippen LogP contribution in [0.4, 0.5) is 5.13 Å². The number of carbonyl (C=O) groups excluding carboxylic acids is 1. The largest absolute Gasteiger partial charge is 0.282 e. The van der Waals surface area contributed by atoms with Crippen molar-refractivity contribution < 1.29 is 4.79 Å². The maximum atomic E-state index is 13.6. The Morgan fingerprint density at radius 2 is 1.73 bits per heavy atom. The van der Waals surface area contributed by atoms with Crippen LogP contribution in [0.1, 0.15) is 21.5 Å². The summed E-state index contributed by atoms with van der Waals surface area (Å²) in [7, 11) is 0. The minimum absolute atomic E-state index is 0.0939. The van der Waals surface area contributed by atoms with Crippen LogP contribution >= 0.6 is 22.9 Å². The van der Waals surface area contributed by atoms with E-state index >= 15 is 0 Å². The first kappa shape index (κ1) is 21.4. The molecule has 0 aliphatic carbocycles. The maximum Gasteiger partial charge on any atom is 0.260 e. The molecule has 3 aromatic carbocycles. The predicted molar refractivity (Wildman–Crippen MR) is 134 cm³/mol. The minimum atomic E-state index is -0.0939. The van der Waals surface area contributed by atoms with Gasteiger partial charge in [-0.2, -0.15) is 5.10 Å². The van der Waals surface area contributed by atoms with Crippen LogP contribution in [-0.2, 0) is 13.0 Å². The molecule has 0 saturated heterocycles. The molecule has 5 nitrogen and oxygen atoms in total. The molecule has 0 N–H and O–H groups in total. The summed E-state index contributed by atoms with van der Waals surface area (Å²) in [6.45, 7) is 1.01. The number of hydrogen-bond acceptors (Lipinski definition) is 4. The van der Waals surface area contributed by atoms with Crippen molar-refractivity contribution in [1.82, 2.24) is 14.8 Å². The van der Waals surface area contributed by atoms with E-state index in [1.54, 1.807) is 11.1 Å². The number of rotatable bonds is 7. The Morgan fingerprint density at radius 3 is 2.45 bits per heavy atom. The van der Waals surface area contributed by atoms with Gasteiger partial charge in [0.05, 0.1) is 16.3 Å². The van der Waals surface area contributed by atoms with Crippen LogP contribution in [0.5, 0.6) is 0 Å². The van der Waals surface area contributed by atoms with E-state index in [-0.39, 0.29) is 5.91 Å². The number of halogens is 1. The van der Waals surface area contributed by atoms with Gasteiger partial charge >= 0.3 is 0 Å². The third-order valence-corrected chi connectivity index (χ3v) is 6.75. The van der Waals surface area contributed by atoms with E-state index in [4.69, 9.17) is 16.6 Å². The summed E-state index contributed by atoms with van der Waals surface area (Å²) in [6.07, 6.45) is 4.44. The van der Waals surface area contributed by atoms with Gasteiger partial charge in [0.1, 0.15) is 5.52 Å². The Kier molecular flexibility index (Phi) is 6.19. The molecule has 0 spiro atoms. The molecule has 0 saturated carbocycles. The monoisotopic (exact) mass is 472 g/mol. The number of thiazole rings is 1. The summed E-state index contributed by atoms with van der Waals surface area (Å²) in [4.78, 5) is 20.0. The van der Waals surface area contributed by atoms with E-state index in [1.807, 2.05) is 77.6 Å². The second-order valence-corrected chi connectivity index (χ2v) is 9.08. The van der Waals surface area contributed by atoms with Crippen molar-refractivity contribution in [2.45, 2.75) is 13.0 Å². The zero-order valence-corrected chi connectivity index (χ0v) is 19.3. The quantitative estimate of drug-likeness (QED) is 0.288.